The van der Waals surface area contributed by atoms with Crippen LogP contribution in [0.25, 0.3) is 0 Å². The van der Waals surface area contributed by atoms with Gasteiger partial charge in [-0.15, -0.1) is 0 Å². The van der Waals surface area contributed by atoms with Crippen LogP contribution in [-0.2, 0) is 0 Å². The van der Waals surface area contributed by atoms with Crippen LogP contribution in [0.2, 0.25) is 0 Å². The standard InChI is InChI=1S/C16H21N3O3/c1-16(2,3)18-9-5-6-12(18)11-22-15-8-4-7-14(19(20)21)13(15)10-17/h4,7-8,12H,5-6,9,11H2,1-3H3. The lowest BCUT2D eigenvalue weighted by Crippen LogP contribution is -2.46. The summed E-state index contributed by atoms with van der Waals surface area (Å²) in [5, 5.41) is 20.1. The summed E-state index contributed by atoms with van der Waals surface area (Å²) < 4.78 is 5.76. The van der Waals surface area contributed by atoms with Crippen molar-refractivity contribution < 1.29 is 9.66 Å². The fraction of sp³-hybridized carbons (Fsp3) is 0.562. The number of hydrogen-bond donors (Lipinski definition) is 0. The van der Waals surface area contributed by atoms with Crippen molar-refractivity contribution in [1.29, 1.82) is 5.26 Å². The molecular formula is C16H21N3O3. The second-order valence-electron chi connectivity index (χ2n) is 6.49. The quantitative estimate of drug-likeness (QED) is 0.630. The molecule has 1 aliphatic rings. The van der Waals surface area contributed by atoms with Gasteiger partial charge in [-0.2, -0.15) is 5.26 Å². The number of nitrogens with zero attached hydrogens (tertiary/aromatic N) is 3. The fourth-order valence-corrected chi connectivity index (χ4v) is 2.98. The van der Waals surface area contributed by atoms with Crippen LogP contribution in [-0.4, -0.2) is 34.6 Å². The Morgan fingerprint density at radius 3 is 2.82 bits per heavy atom. The van der Waals surface area contributed by atoms with Crippen molar-refractivity contribution in [2.75, 3.05) is 13.2 Å². The first-order valence-electron chi connectivity index (χ1n) is 7.41. The average Bonchev–Trinajstić information content (AvgIpc) is 2.93. The molecule has 0 aromatic heterocycles. The topological polar surface area (TPSA) is 79.4 Å². The Bertz CT molecular complexity index is 602. The van der Waals surface area contributed by atoms with Crippen molar-refractivity contribution in [3.05, 3.63) is 33.9 Å². The first-order valence-corrected chi connectivity index (χ1v) is 7.41. The van der Waals surface area contributed by atoms with Crippen LogP contribution in [0.5, 0.6) is 5.75 Å². The molecule has 0 aliphatic carbocycles. The van der Waals surface area contributed by atoms with Gasteiger partial charge >= 0.3 is 0 Å². The van der Waals surface area contributed by atoms with E-state index in [4.69, 9.17) is 4.74 Å². The fourth-order valence-electron chi connectivity index (χ4n) is 2.98. The minimum atomic E-state index is -0.553. The van der Waals surface area contributed by atoms with Gasteiger partial charge in [0, 0.05) is 17.6 Å². The predicted octanol–water partition coefficient (Wildman–Crippen LogP) is 3.11. The highest BCUT2D eigenvalue weighted by atomic mass is 16.6. The number of benzene rings is 1. The monoisotopic (exact) mass is 303 g/mol. The smallest absolute Gasteiger partial charge is 0.290 e. The van der Waals surface area contributed by atoms with E-state index >= 15 is 0 Å². The summed E-state index contributed by atoms with van der Waals surface area (Å²) in [4.78, 5) is 12.8. The third-order valence-electron chi connectivity index (χ3n) is 3.98. The summed E-state index contributed by atoms with van der Waals surface area (Å²) in [5.41, 5.74) is -0.155. The molecule has 1 aromatic rings. The molecule has 0 bridgehead atoms. The van der Waals surface area contributed by atoms with Crippen LogP contribution >= 0.6 is 0 Å². The highest BCUT2D eigenvalue weighted by molar-refractivity contribution is 5.56. The van der Waals surface area contributed by atoms with Crippen LogP contribution in [0.4, 0.5) is 5.69 Å². The first kappa shape index (κ1) is 16.2. The minimum absolute atomic E-state index is 0.00666. The van der Waals surface area contributed by atoms with E-state index in [-0.39, 0.29) is 28.6 Å². The molecular weight excluding hydrogens is 282 g/mol. The van der Waals surface area contributed by atoms with Gasteiger partial charge in [0.05, 0.1) is 4.92 Å². The zero-order valence-electron chi connectivity index (χ0n) is 13.2. The normalized spacial score (nSPS) is 18.9. The molecule has 0 amide bonds. The summed E-state index contributed by atoms with van der Waals surface area (Å²) in [6.07, 6.45) is 2.15. The van der Waals surface area contributed by atoms with Crippen molar-refractivity contribution in [3.63, 3.8) is 0 Å². The van der Waals surface area contributed by atoms with Crippen molar-refractivity contribution in [3.8, 4) is 11.8 Å². The second kappa shape index (κ2) is 6.32. The van der Waals surface area contributed by atoms with E-state index in [0.29, 0.717) is 6.61 Å². The van der Waals surface area contributed by atoms with Gasteiger partial charge in [0.1, 0.15) is 18.4 Å². The third-order valence-corrected chi connectivity index (χ3v) is 3.98. The highest BCUT2D eigenvalue weighted by Gasteiger charge is 2.33. The molecule has 0 radical (unpaired) electrons. The molecule has 1 heterocycles. The third kappa shape index (κ3) is 3.37. The Morgan fingerprint density at radius 1 is 1.50 bits per heavy atom. The van der Waals surface area contributed by atoms with E-state index in [1.165, 1.54) is 6.07 Å². The van der Waals surface area contributed by atoms with Gasteiger partial charge in [-0.25, -0.2) is 0 Å². The number of likely N-dealkylation sites (tertiary alicyclic amines) is 1. The molecule has 22 heavy (non-hydrogen) atoms. The molecule has 1 aromatic carbocycles. The van der Waals surface area contributed by atoms with E-state index < -0.39 is 4.92 Å². The maximum Gasteiger partial charge on any atom is 0.290 e. The largest absolute Gasteiger partial charge is 0.490 e. The summed E-state index contributed by atoms with van der Waals surface area (Å²) in [6, 6.07) is 6.63. The molecule has 1 atom stereocenters. The van der Waals surface area contributed by atoms with Gasteiger partial charge < -0.3 is 4.74 Å². The Labute approximate surface area is 130 Å². The number of rotatable bonds is 4. The van der Waals surface area contributed by atoms with Crippen LogP contribution in [0.3, 0.4) is 0 Å². The van der Waals surface area contributed by atoms with E-state index in [9.17, 15) is 15.4 Å². The molecule has 0 spiro atoms. The van der Waals surface area contributed by atoms with Crippen LogP contribution < -0.4 is 4.74 Å². The van der Waals surface area contributed by atoms with Crippen molar-refractivity contribution in [2.24, 2.45) is 0 Å². The van der Waals surface area contributed by atoms with Crippen LogP contribution in [0.15, 0.2) is 18.2 Å². The molecule has 1 unspecified atom stereocenters. The van der Waals surface area contributed by atoms with Crippen LogP contribution in [0, 0.1) is 21.4 Å². The average molecular weight is 303 g/mol. The predicted molar refractivity (Wildman–Crippen MR) is 82.8 cm³/mol. The zero-order valence-corrected chi connectivity index (χ0v) is 13.2. The zero-order chi connectivity index (χ0) is 16.3. The molecule has 0 saturated carbocycles. The SMILES string of the molecule is CC(C)(C)N1CCCC1COc1cccc([N+](=O)[O-])c1C#N. The lowest BCUT2D eigenvalue weighted by Gasteiger charge is -2.36. The Morgan fingerprint density at radius 2 is 2.23 bits per heavy atom. The van der Waals surface area contributed by atoms with Gasteiger partial charge in [-0.3, -0.25) is 15.0 Å². The molecule has 1 fully saturated rings. The first-order chi connectivity index (χ1) is 10.3. The Hall–Kier alpha value is -2.13. The molecule has 118 valence electrons. The number of nitriles is 1. The molecule has 0 N–H and O–H groups in total. The maximum atomic E-state index is 11.0. The van der Waals surface area contributed by atoms with Gasteiger partial charge in [0.25, 0.3) is 5.69 Å². The highest BCUT2D eigenvalue weighted by Crippen LogP contribution is 2.30. The van der Waals surface area contributed by atoms with Crippen molar-refractivity contribution in [1.82, 2.24) is 4.90 Å². The van der Waals surface area contributed by atoms with E-state index in [0.717, 1.165) is 19.4 Å². The number of ether oxygens (including phenoxy) is 1. The lowest BCUT2D eigenvalue weighted by molar-refractivity contribution is -0.385. The van der Waals surface area contributed by atoms with Crippen LogP contribution in [0.1, 0.15) is 39.2 Å². The number of hydrogen-bond acceptors (Lipinski definition) is 5. The molecule has 1 saturated heterocycles. The number of nitro benzene ring substituents is 1. The number of nitro groups is 1. The van der Waals surface area contributed by atoms with E-state index in [1.54, 1.807) is 12.1 Å². The second-order valence-corrected chi connectivity index (χ2v) is 6.49. The van der Waals surface area contributed by atoms with Crippen molar-refractivity contribution >= 4 is 5.69 Å². The van der Waals surface area contributed by atoms with Gasteiger partial charge in [-0.05, 0) is 46.2 Å². The lowest BCUT2D eigenvalue weighted by atomic mass is 10.0. The molecule has 6 nitrogen and oxygen atoms in total. The minimum Gasteiger partial charge on any atom is -0.490 e. The molecule has 1 aliphatic heterocycles. The van der Waals surface area contributed by atoms with E-state index in [1.807, 2.05) is 6.07 Å². The summed E-state index contributed by atoms with van der Waals surface area (Å²) in [5.74, 6) is 0.289. The Balaban J connectivity index is 2.14. The summed E-state index contributed by atoms with van der Waals surface area (Å²) in [7, 11) is 0. The van der Waals surface area contributed by atoms with Gasteiger partial charge in [-0.1, -0.05) is 6.07 Å². The Kier molecular flexibility index (Phi) is 4.67. The van der Waals surface area contributed by atoms with E-state index in [2.05, 4.69) is 25.7 Å². The molecule has 2 rings (SSSR count). The molecule has 6 heteroatoms. The van der Waals surface area contributed by atoms with Gasteiger partial charge in [0.15, 0.2) is 5.56 Å². The maximum absolute atomic E-state index is 11.0. The van der Waals surface area contributed by atoms with Crippen molar-refractivity contribution in [2.45, 2.75) is 45.2 Å². The summed E-state index contributed by atoms with van der Waals surface area (Å²) in [6.45, 7) is 7.96. The van der Waals surface area contributed by atoms with Gasteiger partial charge in [0.2, 0.25) is 0 Å². The summed E-state index contributed by atoms with van der Waals surface area (Å²) >= 11 is 0.